The van der Waals surface area contributed by atoms with E-state index in [9.17, 15) is 14.4 Å². The topological polar surface area (TPSA) is 123 Å². The van der Waals surface area contributed by atoms with Crippen LogP contribution in [0.15, 0.2) is 58.3 Å². The maximum Gasteiger partial charge on any atom is 0.408 e. The molecule has 2 aliphatic heterocycles. The summed E-state index contributed by atoms with van der Waals surface area (Å²) in [6.45, 7) is 5.35. The fraction of sp³-hybridized carbons (Fsp3) is 0.348. The molecule has 0 saturated carbocycles. The van der Waals surface area contributed by atoms with Crippen LogP contribution in [-0.2, 0) is 14.3 Å². The van der Waals surface area contributed by atoms with Crippen LogP contribution >= 0.6 is 35.9 Å². The molecule has 2 aliphatic rings. The fourth-order valence-electron chi connectivity index (χ4n) is 2.90. The van der Waals surface area contributed by atoms with Crippen LogP contribution in [0, 0.1) is 0 Å². The minimum Gasteiger partial charge on any atom is -0.444 e. The van der Waals surface area contributed by atoms with Crippen molar-refractivity contribution >= 4 is 65.2 Å². The lowest BCUT2D eigenvalue weighted by atomic mass is 10.2. The van der Waals surface area contributed by atoms with Gasteiger partial charge in [0.15, 0.2) is 0 Å². The first-order valence-electron chi connectivity index (χ1n) is 10.4. The van der Waals surface area contributed by atoms with Gasteiger partial charge in [-0.25, -0.2) is 4.79 Å². The lowest BCUT2D eigenvalue weighted by Gasteiger charge is -2.22. The van der Waals surface area contributed by atoms with E-state index in [1.807, 2.05) is 48.5 Å². The average Bonchev–Trinajstić information content (AvgIpc) is 2.99. The number of alkyl carbamates (subject to hydrolysis) is 1. The molecule has 184 valence electrons. The molecule has 0 bridgehead atoms. The number of nitrogens with two attached hydrogens (primary N) is 1. The van der Waals surface area contributed by atoms with E-state index in [2.05, 4.69) is 16.0 Å². The van der Waals surface area contributed by atoms with Crippen molar-refractivity contribution in [2.75, 3.05) is 22.1 Å². The number of hydrogen-bond donors (Lipinski definition) is 4. The summed E-state index contributed by atoms with van der Waals surface area (Å²) in [4.78, 5) is 37.2. The van der Waals surface area contributed by atoms with Crippen molar-refractivity contribution in [2.24, 2.45) is 5.73 Å². The summed E-state index contributed by atoms with van der Waals surface area (Å²) in [5.41, 5.74) is 6.68. The first kappa shape index (κ1) is 27.8. The first-order valence-corrected chi connectivity index (χ1v) is 12.4. The number of fused-ring (bicyclic) bond motifs is 2. The van der Waals surface area contributed by atoms with Gasteiger partial charge < -0.3 is 26.4 Å². The van der Waals surface area contributed by atoms with Gasteiger partial charge in [-0.15, -0.1) is 35.9 Å². The molecule has 2 aromatic carbocycles. The molecule has 0 unspecified atom stereocenters. The molecule has 11 heteroatoms. The van der Waals surface area contributed by atoms with Crippen molar-refractivity contribution in [1.29, 1.82) is 0 Å². The zero-order valence-corrected chi connectivity index (χ0v) is 21.6. The minimum absolute atomic E-state index is 0. The third-order valence-electron chi connectivity index (χ3n) is 4.46. The summed E-state index contributed by atoms with van der Waals surface area (Å²) >= 11 is 3.14. The van der Waals surface area contributed by atoms with E-state index in [0.717, 1.165) is 21.2 Å². The van der Waals surface area contributed by atoms with Gasteiger partial charge in [0.05, 0.1) is 17.4 Å². The van der Waals surface area contributed by atoms with Gasteiger partial charge in [-0.3, -0.25) is 9.59 Å². The zero-order valence-electron chi connectivity index (χ0n) is 19.1. The highest BCUT2D eigenvalue weighted by atomic mass is 35.5. The van der Waals surface area contributed by atoms with Crippen LogP contribution in [0.3, 0.4) is 0 Å². The second-order valence-electron chi connectivity index (χ2n) is 8.40. The highest BCUT2D eigenvalue weighted by molar-refractivity contribution is 7.99. The maximum absolute atomic E-state index is 12.1. The highest BCUT2D eigenvalue weighted by Gasteiger charge is 2.27. The van der Waals surface area contributed by atoms with Crippen molar-refractivity contribution < 1.29 is 19.1 Å². The molecular weight excluding hydrogens is 496 g/mol. The molecule has 4 rings (SSSR count). The Hall–Kier alpha value is -2.40. The molecule has 8 nitrogen and oxygen atoms in total. The predicted octanol–water partition coefficient (Wildman–Crippen LogP) is 4.10. The van der Waals surface area contributed by atoms with Crippen LogP contribution in [-0.4, -0.2) is 47.1 Å². The lowest BCUT2D eigenvalue weighted by molar-refractivity contribution is -0.118. The third-order valence-corrected chi connectivity index (χ3v) is 6.82. The minimum atomic E-state index is -0.609. The van der Waals surface area contributed by atoms with Crippen molar-refractivity contribution in [3.05, 3.63) is 48.5 Å². The van der Waals surface area contributed by atoms with Crippen LogP contribution in [0.25, 0.3) is 0 Å². The number of ether oxygens (including phenoxy) is 1. The van der Waals surface area contributed by atoms with Gasteiger partial charge in [-0.2, -0.15) is 0 Å². The Morgan fingerprint density at radius 2 is 1.44 bits per heavy atom. The van der Waals surface area contributed by atoms with E-state index in [0.29, 0.717) is 11.5 Å². The summed E-state index contributed by atoms with van der Waals surface area (Å²) in [5.74, 6) is 0.788. The molecule has 5 N–H and O–H groups in total. The van der Waals surface area contributed by atoms with Crippen LogP contribution in [0.4, 0.5) is 16.2 Å². The third kappa shape index (κ3) is 8.12. The van der Waals surface area contributed by atoms with E-state index >= 15 is 0 Å². The quantitative estimate of drug-likeness (QED) is 0.443. The van der Waals surface area contributed by atoms with E-state index in [1.54, 1.807) is 32.5 Å². The molecule has 0 saturated heterocycles. The smallest absolute Gasteiger partial charge is 0.408 e. The van der Waals surface area contributed by atoms with Crippen molar-refractivity contribution in [2.45, 2.75) is 48.2 Å². The lowest BCUT2D eigenvalue weighted by Crippen LogP contribution is -2.46. The highest BCUT2D eigenvalue weighted by Crippen LogP contribution is 2.31. The Labute approximate surface area is 213 Å². The molecule has 0 aromatic heterocycles. The molecule has 0 radical (unpaired) electrons. The van der Waals surface area contributed by atoms with Gasteiger partial charge in [0, 0.05) is 21.3 Å². The van der Waals surface area contributed by atoms with Gasteiger partial charge in [0.2, 0.25) is 11.8 Å². The molecule has 2 heterocycles. The normalized spacial score (nSPS) is 19.2. The Kier molecular flexibility index (Phi) is 10.1. The Morgan fingerprint density at radius 1 is 0.941 bits per heavy atom. The van der Waals surface area contributed by atoms with Crippen molar-refractivity contribution in [3.8, 4) is 0 Å². The Morgan fingerprint density at radius 3 is 2.00 bits per heavy atom. The van der Waals surface area contributed by atoms with Crippen molar-refractivity contribution in [3.63, 3.8) is 0 Å². The number of amides is 3. The van der Waals surface area contributed by atoms with Crippen LogP contribution < -0.4 is 21.7 Å². The number of carbonyl (C=O) groups excluding carboxylic acids is 3. The maximum atomic E-state index is 12.1. The number of carbonyl (C=O) groups is 3. The largest absolute Gasteiger partial charge is 0.444 e. The van der Waals surface area contributed by atoms with E-state index in [-0.39, 0.29) is 24.2 Å². The van der Waals surface area contributed by atoms with Gasteiger partial charge in [-0.1, -0.05) is 24.3 Å². The van der Waals surface area contributed by atoms with Crippen molar-refractivity contribution in [1.82, 2.24) is 5.32 Å². The van der Waals surface area contributed by atoms with Crippen LogP contribution in [0.1, 0.15) is 20.8 Å². The molecule has 3 amide bonds. The van der Waals surface area contributed by atoms with Gasteiger partial charge in [0.25, 0.3) is 0 Å². The van der Waals surface area contributed by atoms with E-state index in [4.69, 9.17) is 10.5 Å². The molecule has 2 aromatic rings. The average molecular weight is 525 g/mol. The zero-order chi connectivity index (χ0) is 24.0. The molecule has 2 atom stereocenters. The fourth-order valence-corrected chi connectivity index (χ4v) is 4.89. The number of nitrogens with one attached hydrogen (secondary N) is 3. The summed E-state index contributed by atoms with van der Waals surface area (Å²) in [6.07, 6.45) is -0.579. The SMILES string of the molecule is CC(C)(C)OC(=O)N[C@H]1CSc2ccccc2NC1=O.Cl.N[C@H]1CSc2ccccc2NC1=O. The number of rotatable bonds is 1. The van der Waals surface area contributed by atoms with Crippen LogP contribution in [0.2, 0.25) is 0 Å². The second kappa shape index (κ2) is 12.3. The number of thioether (sulfide) groups is 2. The second-order valence-corrected chi connectivity index (χ2v) is 10.5. The van der Waals surface area contributed by atoms with Gasteiger partial charge in [0.1, 0.15) is 11.6 Å². The summed E-state index contributed by atoms with van der Waals surface area (Å²) in [7, 11) is 0. The molecule has 0 fully saturated rings. The predicted molar refractivity (Wildman–Crippen MR) is 140 cm³/mol. The van der Waals surface area contributed by atoms with Gasteiger partial charge >= 0.3 is 6.09 Å². The molecule has 34 heavy (non-hydrogen) atoms. The summed E-state index contributed by atoms with van der Waals surface area (Å²) in [6, 6.07) is 14.3. The number of para-hydroxylation sites is 2. The molecule has 0 aliphatic carbocycles. The Balaban J connectivity index is 0.000000253. The monoisotopic (exact) mass is 524 g/mol. The number of halogens is 1. The van der Waals surface area contributed by atoms with Gasteiger partial charge in [-0.05, 0) is 45.0 Å². The number of anilines is 2. The molecular formula is C23H29ClN4O4S2. The standard InChI is InChI=1S/C14H18N2O3S.C9H10N2OS.ClH/c1-14(2,3)19-13(18)16-10-8-20-11-7-5-4-6-9(11)15-12(10)17;10-6-5-13-8-4-2-1-3-7(8)11-9(6)12;/h4-7,10H,8H2,1-3H3,(H,15,17)(H,16,18);1-4,6H,5,10H2,(H,11,12);1H/t10-;6-;/m00./s1. The summed E-state index contributed by atoms with van der Waals surface area (Å²) < 4.78 is 5.17. The first-order chi connectivity index (χ1) is 15.6. The number of benzene rings is 2. The molecule has 0 spiro atoms. The van der Waals surface area contributed by atoms with Crippen LogP contribution in [0.5, 0.6) is 0 Å². The Bertz CT molecular complexity index is 1030. The summed E-state index contributed by atoms with van der Waals surface area (Å²) in [5, 5.41) is 8.20. The van der Waals surface area contributed by atoms with E-state index < -0.39 is 23.8 Å². The number of hydrogen-bond acceptors (Lipinski definition) is 7. The van der Waals surface area contributed by atoms with E-state index in [1.165, 1.54) is 11.8 Å².